The fraction of sp³-hybridized carbons (Fsp3) is 0.118. The van der Waals surface area contributed by atoms with E-state index in [9.17, 15) is 13.6 Å². The normalized spacial score (nSPS) is 10.4. The first-order chi connectivity index (χ1) is 14.0. The number of hydrogen-bond acceptors (Lipinski definition) is 8. The second-order valence-electron chi connectivity index (χ2n) is 5.40. The molecule has 0 saturated heterocycles. The molecule has 12 heteroatoms. The van der Waals surface area contributed by atoms with E-state index >= 15 is 0 Å². The Morgan fingerprint density at radius 1 is 0.966 bits per heavy atom. The number of hydrogen-bond donors (Lipinski definition) is 3. The van der Waals surface area contributed by atoms with Gasteiger partial charge in [-0.3, -0.25) is 5.32 Å². The van der Waals surface area contributed by atoms with E-state index in [0.29, 0.717) is 22.9 Å². The largest absolute Gasteiger partial charge is 0.486 e. The van der Waals surface area contributed by atoms with Gasteiger partial charge in [-0.25, -0.2) is 24.7 Å². The Labute approximate surface area is 162 Å². The van der Waals surface area contributed by atoms with Crippen LogP contribution < -0.4 is 20.1 Å². The summed E-state index contributed by atoms with van der Waals surface area (Å²) in [7, 11) is 0. The summed E-state index contributed by atoms with van der Waals surface area (Å²) in [6.45, 7) is -2.73. The number of nitrogens with one attached hydrogen (secondary N) is 2. The molecule has 1 amide bonds. The number of anilines is 3. The van der Waals surface area contributed by atoms with E-state index in [1.54, 1.807) is 24.5 Å². The molecule has 0 radical (unpaired) electrons. The maximum absolute atomic E-state index is 12.1. The van der Waals surface area contributed by atoms with Crippen molar-refractivity contribution >= 4 is 23.7 Å². The summed E-state index contributed by atoms with van der Waals surface area (Å²) in [6, 6.07) is 5.91. The second kappa shape index (κ2) is 9.21. The Kier molecular flexibility index (Phi) is 6.25. The number of ether oxygens (including phenoxy) is 2. The van der Waals surface area contributed by atoms with E-state index in [0.717, 1.165) is 0 Å². The Bertz CT molecular complexity index is 940. The minimum atomic E-state index is -2.88. The zero-order valence-corrected chi connectivity index (χ0v) is 14.6. The molecule has 1 aromatic carbocycles. The summed E-state index contributed by atoms with van der Waals surface area (Å²) >= 11 is 0. The first-order valence-electron chi connectivity index (χ1n) is 8.05. The molecule has 0 spiro atoms. The lowest BCUT2D eigenvalue weighted by Crippen LogP contribution is -2.10. The highest BCUT2D eigenvalue weighted by molar-refractivity contribution is 5.80. The summed E-state index contributed by atoms with van der Waals surface area (Å²) in [6.07, 6.45) is 4.49. The van der Waals surface area contributed by atoms with Gasteiger partial charge in [0.15, 0.2) is 5.75 Å². The Balaban J connectivity index is 1.51. The van der Waals surface area contributed by atoms with Crippen LogP contribution in [0.4, 0.5) is 31.2 Å². The van der Waals surface area contributed by atoms with Gasteiger partial charge < -0.3 is 19.9 Å². The number of nitrogens with zero attached hydrogens (tertiary/aromatic N) is 4. The standard InChI is InChI=1S/C17H14F2N6O4/c18-14(19)29-12-3-1-11(2-4-12)24-15-20-5-10(6-21-15)9-28-13-7-22-16(23-8-13)25-17(26)27/h1-8,14H,9H2,(H,26,27)(H,20,21,24)(H,22,23,25). The first kappa shape index (κ1) is 19.7. The molecular formula is C17H14F2N6O4. The van der Waals surface area contributed by atoms with Crippen LogP contribution in [0.15, 0.2) is 49.1 Å². The number of aromatic nitrogens is 4. The Hall–Kier alpha value is -4.09. The maximum Gasteiger partial charge on any atom is 0.411 e. The minimum absolute atomic E-state index is 0.0507. The fourth-order valence-corrected chi connectivity index (χ4v) is 2.06. The highest BCUT2D eigenvalue weighted by atomic mass is 19.3. The molecule has 3 aromatic rings. The number of benzene rings is 1. The van der Waals surface area contributed by atoms with Gasteiger partial charge in [0.2, 0.25) is 11.9 Å². The van der Waals surface area contributed by atoms with Gasteiger partial charge in [-0.1, -0.05) is 0 Å². The SMILES string of the molecule is O=C(O)Nc1ncc(OCc2cnc(Nc3ccc(OC(F)F)cc3)nc2)cn1. The highest BCUT2D eigenvalue weighted by Gasteiger charge is 2.05. The lowest BCUT2D eigenvalue weighted by Gasteiger charge is -2.08. The Morgan fingerprint density at radius 2 is 1.59 bits per heavy atom. The third-order valence-electron chi connectivity index (χ3n) is 3.29. The second-order valence-corrected chi connectivity index (χ2v) is 5.40. The first-order valence-corrected chi connectivity index (χ1v) is 8.05. The highest BCUT2D eigenvalue weighted by Crippen LogP contribution is 2.19. The van der Waals surface area contributed by atoms with E-state index in [1.807, 2.05) is 5.32 Å². The summed E-state index contributed by atoms with van der Waals surface area (Å²) in [5.41, 5.74) is 1.27. The van der Waals surface area contributed by atoms with Crippen LogP contribution in [0.5, 0.6) is 11.5 Å². The molecule has 3 rings (SSSR count). The van der Waals surface area contributed by atoms with E-state index < -0.39 is 12.7 Å². The van der Waals surface area contributed by atoms with Crippen LogP contribution in [0.25, 0.3) is 0 Å². The van der Waals surface area contributed by atoms with E-state index in [-0.39, 0.29) is 18.3 Å². The van der Waals surface area contributed by atoms with Crippen LogP contribution in [0.2, 0.25) is 0 Å². The van der Waals surface area contributed by atoms with Gasteiger partial charge in [0.1, 0.15) is 12.4 Å². The number of carboxylic acid groups (broad SMARTS) is 1. The van der Waals surface area contributed by atoms with Gasteiger partial charge in [-0.2, -0.15) is 8.78 Å². The van der Waals surface area contributed by atoms with Crippen molar-refractivity contribution in [3.05, 3.63) is 54.6 Å². The molecule has 150 valence electrons. The average molecular weight is 404 g/mol. The van der Waals surface area contributed by atoms with Crippen LogP contribution in [-0.4, -0.2) is 37.7 Å². The van der Waals surface area contributed by atoms with Crippen LogP contribution >= 0.6 is 0 Å². The quantitative estimate of drug-likeness (QED) is 0.517. The van der Waals surface area contributed by atoms with Crippen LogP contribution in [-0.2, 0) is 6.61 Å². The van der Waals surface area contributed by atoms with Gasteiger partial charge in [0.25, 0.3) is 0 Å². The molecule has 0 aliphatic heterocycles. The number of rotatable bonds is 8. The molecule has 2 aromatic heterocycles. The minimum Gasteiger partial charge on any atom is -0.486 e. The van der Waals surface area contributed by atoms with Crippen molar-refractivity contribution in [1.82, 2.24) is 19.9 Å². The molecule has 0 unspecified atom stereocenters. The molecule has 29 heavy (non-hydrogen) atoms. The third-order valence-corrected chi connectivity index (χ3v) is 3.29. The summed E-state index contributed by atoms with van der Waals surface area (Å²) in [4.78, 5) is 26.4. The molecular weight excluding hydrogens is 390 g/mol. The van der Waals surface area contributed by atoms with Crippen molar-refractivity contribution < 1.29 is 28.2 Å². The molecule has 0 aliphatic rings. The zero-order valence-electron chi connectivity index (χ0n) is 14.6. The predicted molar refractivity (Wildman–Crippen MR) is 96.4 cm³/mol. The Morgan fingerprint density at radius 3 is 2.17 bits per heavy atom. The third kappa shape index (κ3) is 6.23. The summed E-state index contributed by atoms with van der Waals surface area (Å²) in [5.74, 6) is 0.644. The van der Waals surface area contributed by atoms with Crippen molar-refractivity contribution in [2.45, 2.75) is 13.2 Å². The molecule has 10 nitrogen and oxygen atoms in total. The molecule has 2 heterocycles. The van der Waals surface area contributed by atoms with Gasteiger partial charge in [-0.15, -0.1) is 0 Å². The molecule has 0 bridgehead atoms. The van der Waals surface area contributed by atoms with Gasteiger partial charge in [-0.05, 0) is 24.3 Å². The summed E-state index contributed by atoms with van der Waals surface area (Å²) in [5, 5.41) is 13.5. The van der Waals surface area contributed by atoms with Crippen LogP contribution in [0, 0.1) is 0 Å². The molecule has 0 fully saturated rings. The van der Waals surface area contributed by atoms with Crippen LogP contribution in [0.1, 0.15) is 5.56 Å². The van der Waals surface area contributed by atoms with Crippen molar-refractivity contribution in [3.63, 3.8) is 0 Å². The van der Waals surface area contributed by atoms with E-state index in [4.69, 9.17) is 9.84 Å². The van der Waals surface area contributed by atoms with Crippen molar-refractivity contribution in [2.75, 3.05) is 10.6 Å². The topological polar surface area (TPSA) is 131 Å². The maximum atomic E-state index is 12.1. The van der Waals surface area contributed by atoms with Gasteiger partial charge >= 0.3 is 12.7 Å². The zero-order chi connectivity index (χ0) is 20.6. The fourth-order valence-electron chi connectivity index (χ4n) is 2.06. The number of carbonyl (C=O) groups is 1. The van der Waals surface area contributed by atoms with Gasteiger partial charge in [0, 0.05) is 23.6 Å². The smallest absolute Gasteiger partial charge is 0.411 e. The van der Waals surface area contributed by atoms with E-state index in [2.05, 4.69) is 30.0 Å². The van der Waals surface area contributed by atoms with Gasteiger partial charge in [0.05, 0.1) is 12.4 Å². The lowest BCUT2D eigenvalue weighted by molar-refractivity contribution is -0.0498. The molecule has 0 saturated carbocycles. The van der Waals surface area contributed by atoms with Crippen LogP contribution in [0.3, 0.4) is 0 Å². The number of amides is 1. The average Bonchev–Trinajstić information content (AvgIpc) is 2.69. The summed E-state index contributed by atoms with van der Waals surface area (Å²) < 4.78 is 34.0. The number of alkyl halides is 2. The number of halogens is 2. The van der Waals surface area contributed by atoms with Crippen molar-refractivity contribution in [3.8, 4) is 11.5 Å². The van der Waals surface area contributed by atoms with Crippen molar-refractivity contribution in [2.24, 2.45) is 0 Å². The molecule has 0 atom stereocenters. The lowest BCUT2D eigenvalue weighted by atomic mass is 10.3. The van der Waals surface area contributed by atoms with Crippen molar-refractivity contribution in [1.29, 1.82) is 0 Å². The monoisotopic (exact) mass is 404 g/mol. The predicted octanol–water partition coefficient (Wildman–Crippen LogP) is 3.28. The molecule has 3 N–H and O–H groups in total. The van der Waals surface area contributed by atoms with E-state index in [1.165, 1.54) is 24.5 Å². The molecule has 0 aliphatic carbocycles.